The lowest BCUT2D eigenvalue weighted by Gasteiger charge is -2.34. The fourth-order valence-electron chi connectivity index (χ4n) is 3.24. The van der Waals surface area contributed by atoms with E-state index in [0.29, 0.717) is 23.7 Å². The average Bonchev–Trinajstić information content (AvgIpc) is 2.97. The Bertz CT molecular complexity index is 768. The second kappa shape index (κ2) is 6.45. The highest BCUT2D eigenvalue weighted by molar-refractivity contribution is 7.89. The summed E-state index contributed by atoms with van der Waals surface area (Å²) in [6.45, 7) is 4.95. The first-order chi connectivity index (χ1) is 11.0. The fourth-order valence-corrected chi connectivity index (χ4v) is 5.10. The van der Waals surface area contributed by atoms with Crippen molar-refractivity contribution < 1.29 is 8.42 Å². The van der Waals surface area contributed by atoms with Crippen LogP contribution in [0.1, 0.15) is 43.5 Å². The van der Waals surface area contributed by atoms with Crippen LogP contribution in [0, 0.1) is 6.92 Å². The van der Waals surface area contributed by atoms with Crippen molar-refractivity contribution in [3.05, 3.63) is 47.8 Å². The number of benzene rings is 1. The van der Waals surface area contributed by atoms with E-state index in [1.807, 2.05) is 37.3 Å². The molecule has 2 aromatic rings. The average molecular weight is 333 g/mol. The maximum atomic E-state index is 13.2. The highest BCUT2D eigenvalue weighted by atomic mass is 32.2. The quantitative estimate of drug-likeness (QED) is 0.864. The maximum absolute atomic E-state index is 13.2. The molecule has 1 saturated heterocycles. The van der Waals surface area contributed by atoms with Crippen LogP contribution in [0.4, 0.5) is 0 Å². The normalized spacial score (nSPS) is 19.8. The summed E-state index contributed by atoms with van der Waals surface area (Å²) in [5.74, 6) is 0. The van der Waals surface area contributed by atoms with Gasteiger partial charge in [0.2, 0.25) is 10.0 Å². The van der Waals surface area contributed by atoms with E-state index in [0.717, 1.165) is 24.8 Å². The zero-order valence-corrected chi connectivity index (χ0v) is 14.5. The molecule has 1 aliphatic rings. The summed E-state index contributed by atoms with van der Waals surface area (Å²) in [4.78, 5) is 0.335. The van der Waals surface area contributed by atoms with Crippen molar-refractivity contribution in [3.8, 4) is 0 Å². The molecule has 1 atom stereocenters. The Labute approximate surface area is 138 Å². The zero-order chi connectivity index (χ0) is 16.4. The number of nitrogens with zero attached hydrogens (tertiary/aromatic N) is 3. The van der Waals surface area contributed by atoms with E-state index in [1.165, 1.54) is 0 Å². The minimum atomic E-state index is -3.53. The van der Waals surface area contributed by atoms with Crippen LogP contribution in [-0.4, -0.2) is 29.0 Å². The molecule has 0 aliphatic carbocycles. The molecule has 0 saturated carbocycles. The highest BCUT2D eigenvalue weighted by Gasteiger charge is 2.36. The number of hydrogen-bond donors (Lipinski definition) is 0. The van der Waals surface area contributed by atoms with Crippen LogP contribution in [-0.2, 0) is 16.6 Å². The summed E-state index contributed by atoms with van der Waals surface area (Å²) in [7, 11) is -3.53. The SMILES string of the molecule is CCn1cc(S(=O)(=O)N2CCCC[C@@H]2c2ccccc2)c(C)n1. The van der Waals surface area contributed by atoms with E-state index in [-0.39, 0.29) is 6.04 Å². The van der Waals surface area contributed by atoms with Gasteiger partial charge in [0.05, 0.1) is 11.7 Å². The first-order valence-corrected chi connectivity index (χ1v) is 9.59. The molecule has 2 heterocycles. The van der Waals surface area contributed by atoms with Crippen LogP contribution in [0.25, 0.3) is 0 Å². The van der Waals surface area contributed by atoms with Crippen molar-refractivity contribution in [3.63, 3.8) is 0 Å². The van der Waals surface area contributed by atoms with Crippen molar-refractivity contribution in [2.75, 3.05) is 6.54 Å². The second-order valence-electron chi connectivity index (χ2n) is 5.97. The van der Waals surface area contributed by atoms with Crippen LogP contribution in [0.5, 0.6) is 0 Å². The third kappa shape index (κ3) is 3.05. The Kier molecular flexibility index (Phi) is 4.55. The molecule has 1 fully saturated rings. The van der Waals surface area contributed by atoms with Crippen molar-refractivity contribution in [1.82, 2.24) is 14.1 Å². The van der Waals surface area contributed by atoms with Gasteiger partial charge < -0.3 is 0 Å². The third-order valence-electron chi connectivity index (χ3n) is 4.45. The minimum absolute atomic E-state index is 0.0840. The second-order valence-corrected chi connectivity index (χ2v) is 7.83. The van der Waals surface area contributed by atoms with Gasteiger partial charge in [-0.2, -0.15) is 9.40 Å². The Morgan fingerprint density at radius 1 is 1.22 bits per heavy atom. The molecule has 124 valence electrons. The summed E-state index contributed by atoms with van der Waals surface area (Å²) in [6.07, 6.45) is 4.48. The first-order valence-electron chi connectivity index (χ1n) is 8.15. The maximum Gasteiger partial charge on any atom is 0.247 e. The summed E-state index contributed by atoms with van der Waals surface area (Å²) < 4.78 is 29.7. The predicted octanol–water partition coefficient (Wildman–Crippen LogP) is 3.13. The number of rotatable bonds is 4. The lowest BCUT2D eigenvalue weighted by Crippen LogP contribution is -2.38. The van der Waals surface area contributed by atoms with Gasteiger partial charge in [0.1, 0.15) is 4.90 Å². The van der Waals surface area contributed by atoms with Crippen molar-refractivity contribution in [2.24, 2.45) is 0 Å². The topological polar surface area (TPSA) is 55.2 Å². The van der Waals surface area contributed by atoms with E-state index >= 15 is 0 Å². The van der Waals surface area contributed by atoms with Gasteiger partial charge in [-0.25, -0.2) is 8.42 Å². The van der Waals surface area contributed by atoms with E-state index in [4.69, 9.17) is 0 Å². The van der Waals surface area contributed by atoms with Gasteiger partial charge in [-0.15, -0.1) is 0 Å². The van der Waals surface area contributed by atoms with E-state index in [9.17, 15) is 8.42 Å². The number of aromatic nitrogens is 2. The lowest BCUT2D eigenvalue weighted by molar-refractivity contribution is 0.256. The van der Waals surface area contributed by atoms with Crippen LogP contribution in [0.3, 0.4) is 0 Å². The standard InChI is InChI=1S/C17H23N3O2S/c1-3-19-13-17(14(2)18-19)23(21,22)20-12-8-7-11-16(20)15-9-5-4-6-10-15/h4-6,9-10,13,16H,3,7-8,11-12H2,1-2H3/t16-/m1/s1. The molecule has 1 aromatic heterocycles. The molecule has 1 aromatic carbocycles. The van der Waals surface area contributed by atoms with Gasteiger partial charge in [0.25, 0.3) is 0 Å². The van der Waals surface area contributed by atoms with Crippen LogP contribution in [0.15, 0.2) is 41.4 Å². The molecular formula is C17H23N3O2S. The molecule has 1 aliphatic heterocycles. The zero-order valence-electron chi connectivity index (χ0n) is 13.6. The summed E-state index contributed by atoms with van der Waals surface area (Å²) in [5, 5.41) is 4.30. The third-order valence-corrected chi connectivity index (χ3v) is 6.46. The Hall–Kier alpha value is -1.66. The molecule has 6 heteroatoms. The summed E-state index contributed by atoms with van der Waals surface area (Å²) in [5.41, 5.74) is 1.64. The largest absolute Gasteiger partial charge is 0.271 e. The summed E-state index contributed by atoms with van der Waals surface area (Å²) in [6, 6.07) is 9.84. The van der Waals surface area contributed by atoms with Crippen molar-refractivity contribution >= 4 is 10.0 Å². The van der Waals surface area contributed by atoms with Crippen molar-refractivity contribution in [1.29, 1.82) is 0 Å². The molecule has 0 radical (unpaired) electrons. The van der Waals surface area contributed by atoms with Gasteiger partial charge >= 0.3 is 0 Å². The van der Waals surface area contributed by atoms with Gasteiger partial charge in [-0.1, -0.05) is 36.8 Å². The molecule has 0 unspecified atom stereocenters. The fraction of sp³-hybridized carbons (Fsp3) is 0.471. The van der Waals surface area contributed by atoms with Crippen LogP contribution < -0.4 is 0 Å². The molecular weight excluding hydrogens is 310 g/mol. The Morgan fingerprint density at radius 3 is 2.61 bits per heavy atom. The predicted molar refractivity (Wildman–Crippen MR) is 89.6 cm³/mol. The smallest absolute Gasteiger partial charge is 0.247 e. The molecule has 0 bridgehead atoms. The molecule has 0 N–H and O–H groups in total. The molecule has 0 amide bonds. The van der Waals surface area contributed by atoms with Crippen LogP contribution >= 0.6 is 0 Å². The summed E-state index contributed by atoms with van der Waals surface area (Å²) >= 11 is 0. The first kappa shape index (κ1) is 16.2. The van der Waals surface area contributed by atoms with Gasteiger partial charge in [-0.3, -0.25) is 4.68 Å². The molecule has 0 spiro atoms. The molecule has 3 rings (SSSR count). The molecule has 5 nitrogen and oxygen atoms in total. The van der Waals surface area contributed by atoms with E-state index < -0.39 is 10.0 Å². The highest BCUT2D eigenvalue weighted by Crippen LogP contribution is 2.35. The number of sulfonamides is 1. The monoisotopic (exact) mass is 333 g/mol. The Morgan fingerprint density at radius 2 is 1.96 bits per heavy atom. The van der Waals surface area contributed by atoms with Crippen molar-refractivity contribution in [2.45, 2.75) is 50.6 Å². The van der Waals surface area contributed by atoms with Gasteiger partial charge in [-0.05, 0) is 32.3 Å². The lowest BCUT2D eigenvalue weighted by atomic mass is 9.98. The number of hydrogen-bond acceptors (Lipinski definition) is 3. The van der Waals surface area contributed by atoms with E-state index in [1.54, 1.807) is 22.1 Å². The molecule has 23 heavy (non-hydrogen) atoms. The minimum Gasteiger partial charge on any atom is -0.271 e. The Balaban J connectivity index is 2.00. The number of piperidine rings is 1. The van der Waals surface area contributed by atoms with Crippen LogP contribution in [0.2, 0.25) is 0 Å². The number of aryl methyl sites for hydroxylation is 2. The van der Waals surface area contributed by atoms with Gasteiger partial charge in [0.15, 0.2) is 0 Å². The van der Waals surface area contributed by atoms with Gasteiger partial charge in [0, 0.05) is 19.3 Å². The van der Waals surface area contributed by atoms with E-state index in [2.05, 4.69) is 5.10 Å².